The molecular formula is C19H38O4Si. The largest absolute Gasteiger partial charge is 0.414 e. The molecule has 2 fully saturated rings. The number of rotatable bonds is 8. The molecule has 1 unspecified atom stereocenters. The Labute approximate surface area is 149 Å². The lowest BCUT2D eigenvalue weighted by Crippen LogP contribution is -2.45. The summed E-state index contributed by atoms with van der Waals surface area (Å²) in [7, 11) is -1.73. The van der Waals surface area contributed by atoms with Crippen LogP contribution in [-0.2, 0) is 18.6 Å². The first-order valence-electron chi connectivity index (χ1n) is 9.55. The van der Waals surface area contributed by atoms with E-state index in [0.29, 0.717) is 19.1 Å². The highest BCUT2D eigenvalue weighted by atomic mass is 28.4. The van der Waals surface area contributed by atoms with Gasteiger partial charge < -0.3 is 18.6 Å². The molecule has 5 heteroatoms. The monoisotopic (exact) mass is 358 g/mol. The summed E-state index contributed by atoms with van der Waals surface area (Å²) >= 11 is 0. The van der Waals surface area contributed by atoms with Crippen LogP contribution in [0.3, 0.4) is 0 Å². The summed E-state index contributed by atoms with van der Waals surface area (Å²) in [6.45, 7) is 20.3. The normalized spacial score (nSPS) is 29.5. The predicted molar refractivity (Wildman–Crippen MR) is 99.8 cm³/mol. The fourth-order valence-electron chi connectivity index (χ4n) is 3.69. The van der Waals surface area contributed by atoms with Crippen molar-refractivity contribution < 1.29 is 18.6 Å². The third kappa shape index (κ3) is 4.42. The van der Waals surface area contributed by atoms with Gasteiger partial charge in [-0.15, -0.1) is 0 Å². The number of hydrogen-bond acceptors (Lipinski definition) is 4. The zero-order valence-electron chi connectivity index (χ0n) is 17.0. The molecule has 2 aliphatic heterocycles. The van der Waals surface area contributed by atoms with Crippen LogP contribution in [0.15, 0.2) is 0 Å². The second-order valence-electron chi connectivity index (χ2n) is 9.33. The predicted octanol–water partition coefficient (Wildman–Crippen LogP) is 4.74. The highest BCUT2D eigenvalue weighted by Crippen LogP contribution is 2.45. The van der Waals surface area contributed by atoms with Crippen LogP contribution in [0.1, 0.15) is 60.8 Å². The first-order valence-corrected chi connectivity index (χ1v) is 12.5. The second-order valence-corrected chi connectivity index (χ2v) is 14.1. The Morgan fingerprint density at radius 2 is 1.58 bits per heavy atom. The maximum Gasteiger partial charge on any atom is 0.192 e. The standard InChI is InChI=1S/C19H38O4Si/c1-9-19(20-10-11-21-19)15(2)12-18(14-22-18)13-16(3)23-24(7,8)17(4,5)6/h15-16H,9-14H2,1-8H3/t15?,16-,18-/m1/s1. The summed E-state index contributed by atoms with van der Waals surface area (Å²) in [6.07, 6.45) is 3.05. The van der Waals surface area contributed by atoms with Crippen molar-refractivity contribution in [3.63, 3.8) is 0 Å². The van der Waals surface area contributed by atoms with Crippen molar-refractivity contribution in [1.82, 2.24) is 0 Å². The van der Waals surface area contributed by atoms with E-state index in [1.54, 1.807) is 0 Å². The van der Waals surface area contributed by atoms with Crippen molar-refractivity contribution in [2.24, 2.45) is 5.92 Å². The number of ether oxygens (including phenoxy) is 3. The van der Waals surface area contributed by atoms with E-state index in [1.165, 1.54) is 0 Å². The zero-order chi connectivity index (χ0) is 18.2. The molecule has 3 atom stereocenters. The van der Waals surface area contributed by atoms with E-state index < -0.39 is 14.1 Å². The molecule has 24 heavy (non-hydrogen) atoms. The Hall–Kier alpha value is 0.0569. The molecule has 0 aliphatic carbocycles. The first kappa shape index (κ1) is 20.4. The van der Waals surface area contributed by atoms with Gasteiger partial charge in [0.2, 0.25) is 0 Å². The highest BCUT2D eigenvalue weighted by Gasteiger charge is 2.52. The lowest BCUT2D eigenvalue weighted by atomic mass is 9.85. The molecule has 2 aliphatic rings. The van der Waals surface area contributed by atoms with Gasteiger partial charge in [0.15, 0.2) is 14.1 Å². The minimum Gasteiger partial charge on any atom is -0.414 e. The van der Waals surface area contributed by atoms with E-state index in [1.807, 2.05) is 0 Å². The van der Waals surface area contributed by atoms with Crippen molar-refractivity contribution in [2.75, 3.05) is 19.8 Å². The molecule has 2 saturated heterocycles. The summed E-state index contributed by atoms with van der Waals surface area (Å²) < 4.78 is 24.4. The quantitative estimate of drug-likeness (QED) is 0.464. The second kappa shape index (κ2) is 6.99. The van der Waals surface area contributed by atoms with Crippen molar-refractivity contribution >= 4 is 8.32 Å². The molecule has 0 bridgehead atoms. The summed E-state index contributed by atoms with van der Waals surface area (Å²) in [6, 6.07) is 0. The van der Waals surface area contributed by atoms with Crippen molar-refractivity contribution in [3.8, 4) is 0 Å². The van der Waals surface area contributed by atoms with Gasteiger partial charge in [-0.25, -0.2) is 0 Å². The topological polar surface area (TPSA) is 40.2 Å². The third-order valence-electron chi connectivity index (χ3n) is 6.21. The van der Waals surface area contributed by atoms with Gasteiger partial charge in [0.25, 0.3) is 0 Å². The van der Waals surface area contributed by atoms with Crippen LogP contribution < -0.4 is 0 Å². The van der Waals surface area contributed by atoms with Gasteiger partial charge in [-0.2, -0.15) is 0 Å². The SMILES string of the molecule is CCC1(C(C)C[C@@]2(C[C@@H](C)O[Si](C)(C)C(C)(C)C)CO2)OCCO1. The summed E-state index contributed by atoms with van der Waals surface area (Å²) in [4.78, 5) is 0. The third-order valence-corrected chi connectivity index (χ3v) is 10.8. The van der Waals surface area contributed by atoms with E-state index in [0.717, 1.165) is 25.9 Å². The first-order chi connectivity index (χ1) is 11.0. The lowest BCUT2D eigenvalue weighted by molar-refractivity contribution is -0.198. The van der Waals surface area contributed by atoms with Gasteiger partial charge >= 0.3 is 0 Å². The van der Waals surface area contributed by atoms with E-state index in [4.69, 9.17) is 18.6 Å². The van der Waals surface area contributed by atoms with Gasteiger partial charge in [-0.3, -0.25) is 0 Å². The van der Waals surface area contributed by atoms with Crippen LogP contribution in [0.5, 0.6) is 0 Å². The lowest BCUT2D eigenvalue weighted by Gasteiger charge is -2.39. The Morgan fingerprint density at radius 1 is 1.04 bits per heavy atom. The maximum atomic E-state index is 6.53. The van der Waals surface area contributed by atoms with Crippen LogP contribution in [0, 0.1) is 5.92 Å². The summed E-state index contributed by atoms with van der Waals surface area (Å²) in [5.41, 5.74) is -0.0430. The fourth-order valence-corrected chi connectivity index (χ4v) is 5.13. The van der Waals surface area contributed by atoms with E-state index in [-0.39, 0.29) is 16.7 Å². The molecular weight excluding hydrogens is 320 g/mol. The Kier molecular flexibility index (Phi) is 5.93. The number of epoxide rings is 1. The van der Waals surface area contributed by atoms with Crippen LogP contribution in [0.4, 0.5) is 0 Å². The molecule has 2 rings (SSSR count). The molecule has 0 aromatic carbocycles. The summed E-state index contributed by atoms with van der Waals surface area (Å²) in [5, 5.41) is 0.240. The minimum atomic E-state index is -1.73. The molecule has 4 nitrogen and oxygen atoms in total. The molecule has 0 N–H and O–H groups in total. The molecule has 142 valence electrons. The van der Waals surface area contributed by atoms with Gasteiger partial charge in [0.1, 0.15) is 0 Å². The molecule has 0 spiro atoms. The Morgan fingerprint density at radius 3 is 2.00 bits per heavy atom. The molecule has 2 heterocycles. The maximum absolute atomic E-state index is 6.53. The molecule has 0 radical (unpaired) electrons. The van der Waals surface area contributed by atoms with Crippen LogP contribution >= 0.6 is 0 Å². The van der Waals surface area contributed by atoms with Gasteiger partial charge in [0, 0.05) is 18.4 Å². The van der Waals surface area contributed by atoms with Crippen molar-refractivity contribution in [3.05, 3.63) is 0 Å². The average Bonchev–Trinajstić information content (AvgIpc) is 3.01. The van der Waals surface area contributed by atoms with Crippen LogP contribution in [0.25, 0.3) is 0 Å². The molecule has 0 aromatic heterocycles. The smallest absolute Gasteiger partial charge is 0.192 e. The van der Waals surface area contributed by atoms with Gasteiger partial charge in [-0.1, -0.05) is 34.6 Å². The zero-order valence-corrected chi connectivity index (χ0v) is 18.0. The summed E-state index contributed by atoms with van der Waals surface area (Å²) in [5.74, 6) is -0.0878. The molecule has 0 saturated carbocycles. The Balaban J connectivity index is 1.92. The Bertz CT molecular complexity index is 420. The van der Waals surface area contributed by atoms with E-state index in [9.17, 15) is 0 Å². The van der Waals surface area contributed by atoms with E-state index in [2.05, 4.69) is 54.6 Å². The highest BCUT2D eigenvalue weighted by molar-refractivity contribution is 6.74. The number of hydrogen-bond donors (Lipinski definition) is 0. The average molecular weight is 359 g/mol. The van der Waals surface area contributed by atoms with Crippen LogP contribution in [0.2, 0.25) is 18.1 Å². The van der Waals surface area contributed by atoms with Gasteiger partial charge in [0.05, 0.1) is 25.4 Å². The minimum absolute atomic E-state index is 0.0430. The fraction of sp³-hybridized carbons (Fsp3) is 1.00. The van der Waals surface area contributed by atoms with Gasteiger partial charge in [-0.05, 0) is 37.9 Å². The molecule has 0 amide bonds. The van der Waals surface area contributed by atoms with Crippen LogP contribution in [-0.4, -0.2) is 45.6 Å². The van der Waals surface area contributed by atoms with Crippen molar-refractivity contribution in [1.29, 1.82) is 0 Å². The van der Waals surface area contributed by atoms with E-state index >= 15 is 0 Å². The molecule has 0 aromatic rings. The van der Waals surface area contributed by atoms with Crippen molar-refractivity contribution in [2.45, 2.75) is 96.4 Å².